The van der Waals surface area contributed by atoms with Crippen molar-refractivity contribution in [3.05, 3.63) is 108 Å². The fourth-order valence-corrected chi connectivity index (χ4v) is 9.85. The van der Waals surface area contributed by atoms with Gasteiger partial charge in [0.2, 0.25) is 19.7 Å². The van der Waals surface area contributed by atoms with Crippen LogP contribution in [0.3, 0.4) is 0 Å². The molecule has 2 atom stereocenters. The van der Waals surface area contributed by atoms with Crippen molar-refractivity contribution in [3.8, 4) is 0 Å². The lowest BCUT2D eigenvalue weighted by molar-refractivity contribution is 0.594. The number of benzene rings is 4. The van der Waals surface area contributed by atoms with Crippen molar-refractivity contribution in [2.75, 3.05) is 49.1 Å². The molecule has 0 radical (unpaired) electrons. The van der Waals surface area contributed by atoms with Gasteiger partial charge in [-0.2, -0.15) is 0 Å². The lowest BCUT2D eigenvalue weighted by Gasteiger charge is -2.26. The quantitative estimate of drug-likeness (QED) is 0.294. The highest BCUT2D eigenvalue weighted by Crippen LogP contribution is 2.35. The Bertz CT molecular complexity index is 1770. The third kappa shape index (κ3) is 6.67. The zero-order chi connectivity index (χ0) is 31.7. The molecule has 8 rings (SSSR count). The SMILES string of the molecule is Cl.O=S(=O)(c1ccccc1)c1ccc2c(c1)CCN2C1CCNC1.O=S(=O)(c1ccccc1)c1ccc2c(c1)CCN2C1CCNC1. The van der Waals surface area contributed by atoms with Gasteiger partial charge in [0, 0.05) is 49.6 Å². The van der Waals surface area contributed by atoms with E-state index < -0.39 is 19.7 Å². The van der Waals surface area contributed by atoms with Gasteiger partial charge in [0.1, 0.15) is 0 Å². The van der Waals surface area contributed by atoms with Crippen LogP contribution in [0, 0.1) is 0 Å². The molecule has 0 saturated carbocycles. The fraction of sp³-hybridized carbons (Fsp3) is 0.333. The molecule has 4 aliphatic rings. The van der Waals surface area contributed by atoms with Crippen molar-refractivity contribution < 1.29 is 16.8 Å². The number of nitrogens with zero attached hydrogens (tertiary/aromatic N) is 2. The van der Waals surface area contributed by atoms with Crippen LogP contribution in [0.25, 0.3) is 0 Å². The summed E-state index contributed by atoms with van der Waals surface area (Å²) in [6.07, 6.45) is 4.15. The van der Waals surface area contributed by atoms with Crippen molar-refractivity contribution in [3.63, 3.8) is 0 Å². The molecule has 0 bridgehead atoms. The Kier molecular flexibility index (Phi) is 9.96. The average molecular weight is 693 g/mol. The predicted octanol–water partition coefficient (Wildman–Crippen LogP) is 4.91. The van der Waals surface area contributed by atoms with E-state index in [0.717, 1.165) is 76.1 Å². The molecule has 2 N–H and O–H groups in total. The summed E-state index contributed by atoms with van der Waals surface area (Å²) >= 11 is 0. The zero-order valence-electron chi connectivity index (χ0n) is 26.2. The molecule has 4 heterocycles. The zero-order valence-corrected chi connectivity index (χ0v) is 28.7. The minimum atomic E-state index is -3.43. The van der Waals surface area contributed by atoms with Gasteiger partial charge in [0.05, 0.1) is 19.6 Å². The van der Waals surface area contributed by atoms with E-state index in [1.54, 1.807) is 60.7 Å². The summed E-state index contributed by atoms with van der Waals surface area (Å²) in [5.74, 6) is 0. The van der Waals surface area contributed by atoms with E-state index >= 15 is 0 Å². The molecule has 2 saturated heterocycles. The molecule has 11 heteroatoms. The van der Waals surface area contributed by atoms with E-state index in [1.807, 2.05) is 36.4 Å². The van der Waals surface area contributed by atoms with Crippen LogP contribution in [-0.4, -0.2) is 68.2 Å². The summed E-state index contributed by atoms with van der Waals surface area (Å²) in [6.45, 7) is 6.13. The molecule has 0 aliphatic carbocycles. The second kappa shape index (κ2) is 14.0. The van der Waals surface area contributed by atoms with Crippen LogP contribution in [0.5, 0.6) is 0 Å². The summed E-state index contributed by atoms with van der Waals surface area (Å²) in [5.41, 5.74) is 4.69. The second-order valence-electron chi connectivity index (χ2n) is 12.4. The number of halogens is 1. The number of sulfone groups is 2. The fourth-order valence-electron chi connectivity index (χ4n) is 7.18. The maximum atomic E-state index is 12.7. The average Bonchev–Trinajstić information content (AvgIpc) is 3.92. The summed E-state index contributed by atoms with van der Waals surface area (Å²) in [6, 6.07) is 29.6. The van der Waals surface area contributed by atoms with Crippen molar-refractivity contribution in [1.29, 1.82) is 0 Å². The number of rotatable bonds is 6. The van der Waals surface area contributed by atoms with Gasteiger partial charge in [-0.05, 0) is 111 Å². The minimum Gasteiger partial charge on any atom is -0.367 e. The van der Waals surface area contributed by atoms with Crippen molar-refractivity contribution in [2.45, 2.75) is 57.3 Å². The van der Waals surface area contributed by atoms with Gasteiger partial charge in [-0.1, -0.05) is 36.4 Å². The highest BCUT2D eigenvalue weighted by atomic mass is 35.5. The maximum absolute atomic E-state index is 12.7. The van der Waals surface area contributed by atoms with Crippen LogP contribution in [-0.2, 0) is 32.5 Å². The third-order valence-electron chi connectivity index (χ3n) is 9.64. The Morgan fingerprint density at radius 3 is 1.30 bits per heavy atom. The summed E-state index contributed by atoms with van der Waals surface area (Å²) in [5, 5.41) is 6.80. The van der Waals surface area contributed by atoms with E-state index in [0.29, 0.717) is 31.7 Å². The molecule has 8 nitrogen and oxygen atoms in total. The lowest BCUT2D eigenvalue weighted by atomic mass is 10.1. The Hall–Kier alpha value is -3.41. The molecule has 4 aromatic rings. The Balaban J connectivity index is 0.000000161. The van der Waals surface area contributed by atoms with Crippen LogP contribution < -0.4 is 20.4 Å². The Morgan fingerprint density at radius 2 is 0.936 bits per heavy atom. The highest BCUT2D eigenvalue weighted by Gasteiger charge is 2.31. The van der Waals surface area contributed by atoms with E-state index in [9.17, 15) is 16.8 Å². The van der Waals surface area contributed by atoms with Crippen LogP contribution in [0.1, 0.15) is 24.0 Å². The first-order valence-electron chi connectivity index (χ1n) is 16.1. The van der Waals surface area contributed by atoms with Gasteiger partial charge in [-0.15, -0.1) is 12.4 Å². The topological polar surface area (TPSA) is 98.8 Å². The molecule has 0 amide bonds. The Morgan fingerprint density at radius 1 is 0.532 bits per heavy atom. The molecule has 4 aromatic carbocycles. The molecule has 2 unspecified atom stereocenters. The monoisotopic (exact) mass is 692 g/mol. The summed E-state index contributed by atoms with van der Waals surface area (Å²) in [4.78, 5) is 6.36. The Labute approximate surface area is 284 Å². The third-order valence-corrected chi connectivity index (χ3v) is 13.2. The van der Waals surface area contributed by atoms with Crippen LogP contribution in [0.15, 0.2) is 117 Å². The molecule has 2 fully saturated rings. The number of fused-ring (bicyclic) bond motifs is 2. The van der Waals surface area contributed by atoms with Gasteiger partial charge in [0.15, 0.2) is 0 Å². The van der Waals surface area contributed by atoms with Crippen LogP contribution in [0.4, 0.5) is 11.4 Å². The van der Waals surface area contributed by atoms with Crippen molar-refractivity contribution in [1.82, 2.24) is 10.6 Å². The van der Waals surface area contributed by atoms with Gasteiger partial charge < -0.3 is 20.4 Å². The van der Waals surface area contributed by atoms with Crippen molar-refractivity contribution >= 4 is 43.5 Å². The molecule has 0 aromatic heterocycles. The molecule has 248 valence electrons. The first-order chi connectivity index (χ1) is 22.3. The predicted molar refractivity (Wildman–Crippen MR) is 189 cm³/mol. The smallest absolute Gasteiger partial charge is 0.206 e. The molecule has 47 heavy (non-hydrogen) atoms. The molecule has 4 aliphatic heterocycles. The minimum absolute atomic E-state index is 0. The number of nitrogens with one attached hydrogen (secondary N) is 2. The number of anilines is 2. The maximum Gasteiger partial charge on any atom is 0.206 e. The number of hydrogen-bond acceptors (Lipinski definition) is 8. The normalized spacial score (nSPS) is 20.3. The standard InChI is InChI=1S/2C18H20N2O2S.ClH/c2*21-23(22,16-4-2-1-3-5-16)17-6-7-18-14(12-17)9-11-20(18)15-8-10-19-13-15;/h2*1-7,12,15,19H,8-11,13H2;1H. The summed E-state index contributed by atoms with van der Waals surface area (Å²) in [7, 11) is -6.86. The molecule has 0 spiro atoms. The molecular weight excluding hydrogens is 652 g/mol. The van der Waals surface area contributed by atoms with Crippen LogP contribution >= 0.6 is 12.4 Å². The van der Waals surface area contributed by atoms with Crippen LogP contribution in [0.2, 0.25) is 0 Å². The van der Waals surface area contributed by atoms with Crippen molar-refractivity contribution in [2.24, 2.45) is 0 Å². The van der Waals surface area contributed by atoms with Gasteiger partial charge in [-0.3, -0.25) is 0 Å². The van der Waals surface area contributed by atoms with Gasteiger partial charge >= 0.3 is 0 Å². The van der Waals surface area contributed by atoms with E-state index in [4.69, 9.17) is 0 Å². The first-order valence-corrected chi connectivity index (χ1v) is 19.1. The van der Waals surface area contributed by atoms with E-state index in [2.05, 4.69) is 20.4 Å². The largest absolute Gasteiger partial charge is 0.367 e. The summed E-state index contributed by atoms with van der Waals surface area (Å²) < 4.78 is 51.0. The second-order valence-corrected chi connectivity index (χ2v) is 16.3. The highest BCUT2D eigenvalue weighted by molar-refractivity contribution is 7.91. The first kappa shape index (κ1) is 33.5. The van der Waals surface area contributed by atoms with Gasteiger partial charge in [0.25, 0.3) is 0 Å². The lowest BCUT2D eigenvalue weighted by Crippen LogP contribution is -2.35. The molecular formula is C36H41ClN4O4S2. The number of hydrogen-bond donors (Lipinski definition) is 2. The van der Waals surface area contributed by atoms with Gasteiger partial charge in [-0.25, -0.2) is 16.8 Å². The van der Waals surface area contributed by atoms with E-state index in [-0.39, 0.29) is 12.4 Å². The van der Waals surface area contributed by atoms with E-state index in [1.165, 1.54) is 11.4 Å².